The van der Waals surface area contributed by atoms with Gasteiger partial charge in [0.2, 0.25) is 5.89 Å². The minimum Gasteiger partial charge on any atom is -0.476 e. The van der Waals surface area contributed by atoms with Gasteiger partial charge in [0.25, 0.3) is 0 Å². The van der Waals surface area contributed by atoms with Gasteiger partial charge in [-0.1, -0.05) is 36.4 Å². The largest absolute Gasteiger partial charge is 0.476 e. The highest BCUT2D eigenvalue weighted by atomic mass is 16.4. The number of rotatable bonds is 3. The quantitative estimate of drug-likeness (QED) is 0.595. The van der Waals surface area contributed by atoms with E-state index in [-0.39, 0.29) is 11.5 Å². The summed E-state index contributed by atoms with van der Waals surface area (Å²) in [6.07, 6.45) is 1.74. The third kappa shape index (κ3) is 2.19. The highest BCUT2D eigenvalue weighted by molar-refractivity contribution is 6.00. The zero-order chi connectivity index (χ0) is 15.8. The van der Waals surface area contributed by atoms with Gasteiger partial charge in [0, 0.05) is 28.2 Å². The molecule has 0 spiro atoms. The number of aromatic amines is 1. The minimum atomic E-state index is -1.11. The third-order valence-electron chi connectivity index (χ3n) is 3.68. The molecule has 5 heteroatoms. The normalized spacial score (nSPS) is 11.0. The molecule has 4 aromatic rings. The first-order valence-corrected chi connectivity index (χ1v) is 7.10. The van der Waals surface area contributed by atoms with Gasteiger partial charge >= 0.3 is 5.97 Å². The van der Waals surface area contributed by atoms with Crippen LogP contribution in [0.3, 0.4) is 0 Å². The van der Waals surface area contributed by atoms with E-state index in [0.717, 1.165) is 16.5 Å². The maximum Gasteiger partial charge on any atom is 0.358 e. The highest BCUT2D eigenvalue weighted by Gasteiger charge is 2.23. The van der Waals surface area contributed by atoms with Gasteiger partial charge in [-0.25, -0.2) is 9.78 Å². The van der Waals surface area contributed by atoms with Gasteiger partial charge in [0.15, 0.2) is 11.5 Å². The van der Waals surface area contributed by atoms with Gasteiger partial charge in [-0.15, -0.1) is 0 Å². The van der Waals surface area contributed by atoms with Crippen molar-refractivity contribution in [2.45, 2.75) is 0 Å². The smallest absolute Gasteiger partial charge is 0.358 e. The first-order valence-electron chi connectivity index (χ1n) is 7.10. The molecular formula is C18H12N2O3. The average Bonchev–Trinajstić information content (AvgIpc) is 3.19. The number of oxazole rings is 1. The molecule has 2 aromatic carbocycles. The number of H-pyrrole nitrogens is 1. The van der Waals surface area contributed by atoms with E-state index in [2.05, 4.69) is 9.97 Å². The molecule has 2 heterocycles. The number of benzene rings is 2. The standard InChI is InChI=1S/C18H12N2O3/c21-18(22)15-16(13-10-19-14-9-5-4-8-12(13)14)23-17(20-15)11-6-2-1-3-7-11/h1-10,19H,(H,21,22). The number of nitrogens with one attached hydrogen (secondary N) is 1. The topological polar surface area (TPSA) is 79.1 Å². The number of carbonyl (C=O) groups is 1. The Labute approximate surface area is 131 Å². The van der Waals surface area contributed by atoms with Crippen molar-refractivity contribution in [2.24, 2.45) is 0 Å². The Morgan fingerprint density at radius 2 is 1.78 bits per heavy atom. The maximum atomic E-state index is 11.6. The molecule has 0 saturated heterocycles. The van der Waals surface area contributed by atoms with E-state index in [1.54, 1.807) is 6.20 Å². The van der Waals surface area contributed by atoms with Crippen LogP contribution < -0.4 is 0 Å². The molecule has 0 saturated carbocycles. The van der Waals surface area contributed by atoms with Crippen molar-refractivity contribution in [3.63, 3.8) is 0 Å². The SMILES string of the molecule is O=C(O)c1nc(-c2ccccc2)oc1-c1c[nH]c2ccccc12. The molecule has 2 aromatic heterocycles. The van der Waals surface area contributed by atoms with Crippen molar-refractivity contribution < 1.29 is 14.3 Å². The number of aromatic carboxylic acids is 1. The number of para-hydroxylation sites is 1. The van der Waals surface area contributed by atoms with Gasteiger partial charge < -0.3 is 14.5 Å². The molecule has 0 bridgehead atoms. The van der Waals surface area contributed by atoms with Gasteiger partial charge in [-0.3, -0.25) is 0 Å². The van der Waals surface area contributed by atoms with Gasteiger partial charge in [-0.05, 0) is 18.2 Å². The lowest BCUT2D eigenvalue weighted by atomic mass is 10.1. The van der Waals surface area contributed by atoms with E-state index in [0.29, 0.717) is 11.5 Å². The lowest BCUT2D eigenvalue weighted by molar-refractivity contribution is 0.0691. The number of aromatic nitrogens is 2. The van der Waals surface area contributed by atoms with Crippen LogP contribution >= 0.6 is 0 Å². The lowest BCUT2D eigenvalue weighted by Crippen LogP contribution is -1.98. The lowest BCUT2D eigenvalue weighted by Gasteiger charge is -1.96. The fourth-order valence-corrected chi connectivity index (χ4v) is 2.61. The Bertz CT molecular complexity index is 999. The van der Waals surface area contributed by atoms with Crippen LogP contribution in [0.25, 0.3) is 33.7 Å². The Balaban J connectivity index is 1.94. The molecular weight excluding hydrogens is 292 g/mol. The van der Waals surface area contributed by atoms with Crippen LogP contribution in [0, 0.1) is 0 Å². The summed E-state index contributed by atoms with van der Waals surface area (Å²) < 4.78 is 5.80. The first-order chi connectivity index (χ1) is 11.2. The van der Waals surface area contributed by atoms with Crippen molar-refractivity contribution in [1.29, 1.82) is 0 Å². The van der Waals surface area contributed by atoms with E-state index in [4.69, 9.17) is 4.42 Å². The molecule has 0 fully saturated rings. The van der Waals surface area contributed by atoms with E-state index >= 15 is 0 Å². The van der Waals surface area contributed by atoms with Crippen LogP contribution in [-0.4, -0.2) is 21.0 Å². The first kappa shape index (κ1) is 13.3. The Morgan fingerprint density at radius 1 is 1.04 bits per heavy atom. The molecule has 5 nitrogen and oxygen atoms in total. The Kier molecular flexibility index (Phi) is 2.98. The van der Waals surface area contributed by atoms with Crippen molar-refractivity contribution in [3.8, 4) is 22.8 Å². The second-order valence-electron chi connectivity index (χ2n) is 5.12. The molecule has 0 aliphatic carbocycles. The molecule has 0 unspecified atom stereocenters. The van der Waals surface area contributed by atoms with Gasteiger partial charge in [-0.2, -0.15) is 0 Å². The molecule has 0 atom stereocenters. The summed E-state index contributed by atoms with van der Waals surface area (Å²) in [6.45, 7) is 0. The molecule has 2 N–H and O–H groups in total. The summed E-state index contributed by atoms with van der Waals surface area (Å²) in [5.74, 6) is -0.562. The van der Waals surface area contributed by atoms with Crippen molar-refractivity contribution in [2.75, 3.05) is 0 Å². The fraction of sp³-hybridized carbons (Fsp3) is 0. The summed E-state index contributed by atoms with van der Waals surface area (Å²) in [6, 6.07) is 16.9. The molecule has 0 aliphatic heterocycles. The molecule has 112 valence electrons. The predicted molar refractivity (Wildman–Crippen MR) is 86.2 cm³/mol. The Morgan fingerprint density at radius 3 is 2.57 bits per heavy atom. The van der Waals surface area contributed by atoms with E-state index in [9.17, 15) is 9.90 Å². The molecule has 0 aliphatic rings. The minimum absolute atomic E-state index is 0.0893. The van der Waals surface area contributed by atoms with Crippen molar-refractivity contribution in [1.82, 2.24) is 9.97 Å². The number of carboxylic acid groups (broad SMARTS) is 1. The van der Waals surface area contributed by atoms with E-state index in [1.165, 1.54) is 0 Å². The predicted octanol–water partition coefficient (Wildman–Crippen LogP) is 4.19. The fourth-order valence-electron chi connectivity index (χ4n) is 2.61. The van der Waals surface area contributed by atoms with Crippen molar-refractivity contribution >= 4 is 16.9 Å². The number of nitrogens with zero attached hydrogens (tertiary/aromatic N) is 1. The van der Waals surface area contributed by atoms with Gasteiger partial charge in [0.1, 0.15) is 0 Å². The number of fused-ring (bicyclic) bond motifs is 1. The van der Waals surface area contributed by atoms with Crippen LogP contribution in [0.1, 0.15) is 10.5 Å². The molecule has 23 heavy (non-hydrogen) atoms. The highest BCUT2D eigenvalue weighted by Crippen LogP contribution is 2.34. The third-order valence-corrected chi connectivity index (χ3v) is 3.68. The van der Waals surface area contributed by atoms with Gasteiger partial charge in [0.05, 0.1) is 0 Å². The van der Waals surface area contributed by atoms with Crippen LogP contribution in [0.4, 0.5) is 0 Å². The number of hydrogen-bond acceptors (Lipinski definition) is 3. The van der Waals surface area contributed by atoms with Crippen LogP contribution in [0.2, 0.25) is 0 Å². The summed E-state index contributed by atoms with van der Waals surface area (Å²) in [5.41, 5.74) is 2.25. The summed E-state index contributed by atoms with van der Waals surface area (Å²) >= 11 is 0. The van der Waals surface area contributed by atoms with Crippen LogP contribution in [0.15, 0.2) is 65.2 Å². The van der Waals surface area contributed by atoms with E-state index in [1.807, 2.05) is 54.6 Å². The number of carboxylic acids is 1. The monoisotopic (exact) mass is 304 g/mol. The summed E-state index contributed by atoms with van der Waals surface area (Å²) in [5, 5.41) is 10.4. The zero-order valence-electron chi connectivity index (χ0n) is 12.0. The van der Waals surface area contributed by atoms with Crippen molar-refractivity contribution in [3.05, 3.63) is 66.5 Å². The number of hydrogen-bond donors (Lipinski definition) is 2. The van der Waals surface area contributed by atoms with Crippen LogP contribution in [-0.2, 0) is 0 Å². The Hall–Kier alpha value is -3.34. The maximum absolute atomic E-state index is 11.6. The summed E-state index contributed by atoms with van der Waals surface area (Å²) in [7, 11) is 0. The molecule has 0 radical (unpaired) electrons. The summed E-state index contributed by atoms with van der Waals surface area (Å²) in [4.78, 5) is 18.8. The van der Waals surface area contributed by atoms with E-state index < -0.39 is 5.97 Å². The average molecular weight is 304 g/mol. The van der Waals surface area contributed by atoms with Crippen LogP contribution in [0.5, 0.6) is 0 Å². The molecule has 4 rings (SSSR count). The second-order valence-corrected chi connectivity index (χ2v) is 5.12. The molecule has 0 amide bonds. The second kappa shape index (κ2) is 5.14. The zero-order valence-corrected chi connectivity index (χ0v) is 12.0.